The van der Waals surface area contributed by atoms with E-state index in [2.05, 4.69) is 22.1 Å². The minimum atomic E-state index is -0.948. The topological polar surface area (TPSA) is 65.5 Å². The molecule has 100 valence electrons. The van der Waals surface area contributed by atoms with Crippen LogP contribution in [0.25, 0.3) is 0 Å². The van der Waals surface area contributed by atoms with Gasteiger partial charge in [-0.3, -0.25) is 4.90 Å². The first-order valence-corrected chi connectivity index (χ1v) is 7.17. The second-order valence-electron chi connectivity index (χ2n) is 4.67. The zero-order valence-corrected chi connectivity index (χ0v) is 11.4. The van der Waals surface area contributed by atoms with Gasteiger partial charge in [-0.1, -0.05) is 0 Å². The molecule has 0 bridgehead atoms. The summed E-state index contributed by atoms with van der Waals surface area (Å²) in [6.45, 7) is 6.18. The Kier molecular flexibility index (Phi) is 4.68. The van der Waals surface area contributed by atoms with Crippen molar-refractivity contribution in [2.24, 2.45) is 0 Å². The van der Waals surface area contributed by atoms with Crippen molar-refractivity contribution in [3.63, 3.8) is 0 Å². The molecular weight excluding hydrogens is 250 g/mol. The van der Waals surface area contributed by atoms with Crippen LogP contribution in [0, 0.1) is 0 Å². The molecule has 1 aromatic heterocycles. The number of hydrogen-bond acceptors (Lipinski definition) is 5. The van der Waals surface area contributed by atoms with E-state index in [-0.39, 0.29) is 5.01 Å². The standard InChI is InChI=1S/C12H19N3O2S/c1-9(15-4-2-3-5-15)6-13-7-10-8-18-11(14-10)12(16)17/h8-9,13H,2-7H2,1H3,(H,16,17). The lowest BCUT2D eigenvalue weighted by Crippen LogP contribution is -2.38. The van der Waals surface area contributed by atoms with E-state index in [1.807, 2.05) is 0 Å². The Bertz CT molecular complexity index is 402. The highest BCUT2D eigenvalue weighted by Gasteiger charge is 2.17. The maximum Gasteiger partial charge on any atom is 0.365 e. The van der Waals surface area contributed by atoms with E-state index in [0.717, 1.165) is 12.2 Å². The Balaban J connectivity index is 1.72. The van der Waals surface area contributed by atoms with Gasteiger partial charge in [-0.2, -0.15) is 0 Å². The van der Waals surface area contributed by atoms with Gasteiger partial charge in [0.1, 0.15) is 0 Å². The minimum absolute atomic E-state index is 0.166. The number of aromatic nitrogens is 1. The molecule has 1 aromatic rings. The van der Waals surface area contributed by atoms with E-state index in [1.54, 1.807) is 5.38 Å². The molecule has 1 fully saturated rings. The number of thiazole rings is 1. The molecule has 1 atom stereocenters. The van der Waals surface area contributed by atoms with Crippen LogP contribution in [0.2, 0.25) is 0 Å². The van der Waals surface area contributed by atoms with E-state index < -0.39 is 5.97 Å². The van der Waals surface area contributed by atoms with Crippen LogP contribution in [0.1, 0.15) is 35.3 Å². The molecule has 0 aromatic carbocycles. The molecule has 2 heterocycles. The molecule has 1 saturated heterocycles. The molecule has 0 saturated carbocycles. The molecule has 1 aliphatic rings. The first-order valence-electron chi connectivity index (χ1n) is 6.29. The molecule has 0 radical (unpaired) electrons. The molecular formula is C12H19N3O2S. The minimum Gasteiger partial charge on any atom is -0.476 e. The van der Waals surface area contributed by atoms with Crippen LogP contribution in [0.3, 0.4) is 0 Å². The van der Waals surface area contributed by atoms with Gasteiger partial charge in [-0.15, -0.1) is 11.3 Å². The van der Waals surface area contributed by atoms with Gasteiger partial charge in [-0.25, -0.2) is 9.78 Å². The smallest absolute Gasteiger partial charge is 0.365 e. The molecule has 2 rings (SSSR count). The zero-order valence-electron chi connectivity index (χ0n) is 10.6. The average molecular weight is 269 g/mol. The Morgan fingerprint density at radius 3 is 2.94 bits per heavy atom. The van der Waals surface area contributed by atoms with Crippen molar-refractivity contribution in [3.05, 3.63) is 16.1 Å². The summed E-state index contributed by atoms with van der Waals surface area (Å²) in [6, 6.07) is 0.532. The van der Waals surface area contributed by atoms with Crippen LogP contribution < -0.4 is 5.32 Å². The first kappa shape index (κ1) is 13.5. The Morgan fingerprint density at radius 2 is 2.33 bits per heavy atom. The van der Waals surface area contributed by atoms with Crippen molar-refractivity contribution in [3.8, 4) is 0 Å². The van der Waals surface area contributed by atoms with Gasteiger partial charge in [0.05, 0.1) is 5.69 Å². The van der Waals surface area contributed by atoms with Gasteiger partial charge in [0.2, 0.25) is 5.01 Å². The SMILES string of the molecule is CC(CNCc1csc(C(=O)O)n1)N1CCCC1. The molecule has 0 spiro atoms. The molecule has 5 nitrogen and oxygen atoms in total. The van der Waals surface area contributed by atoms with Crippen LogP contribution >= 0.6 is 11.3 Å². The summed E-state index contributed by atoms with van der Waals surface area (Å²) in [4.78, 5) is 17.2. The van der Waals surface area contributed by atoms with Crippen LogP contribution in [0.5, 0.6) is 0 Å². The van der Waals surface area contributed by atoms with Crippen molar-refractivity contribution in [1.29, 1.82) is 0 Å². The fraction of sp³-hybridized carbons (Fsp3) is 0.667. The van der Waals surface area contributed by atoms with Crippen molar-refractivity contribution in [1.82, 2.24) is 15.2 Å². The number of carboxylic acid groups (broad SMARTS) is 1. The van der Waals surface area contributed by atoms with Gasteiger partial charge in [0.15, 0.2) is 0 Å². The third kappa shape index (κ3) is 3.51. The number of nitrogens with zero attached hydrogens (tertiary/aromatic N) is 2. The number of likely N-dealkylation sites (tertiary alicyclic amines) is 1. The highest BCUT2D eigenvalue weighted by molar-refractivity contribution is 7.11. The Morgan fingerprint density at radius 1 is 1.61 bits per heavy atom. The maximum atomic E-state index is 10.7. The lowest BCUT2D eigenvalue weighted by Gasteiger charge is -2.23. The lowest BCUT2D eigenvalue weighted by atomic mass is 10.3. The number of carboxylic acids is 1. The van der Waals surface area contributed by atoms with Crippen molar-refractivity contribution >= 4 is 17.3 Å². The number of carbonyl (C=O) groups is 1. The highest BCUT2D eigenvalue weighted by Crippen LogP contribution is 2.12. The predicted molar refractivity (Wildman–Crippen MR) is 71.0 cm³/mol. The predicted octanol–water partition coefficient (Wildman–Crippen LogP) is 1.42. The molecule has 6 heteroatoms. The number of hydrogen-bond donors (Lipinski definition) is 2. The molecule has 1 unspecified atom stereocenters. The van der Waals surface area contributed by atoms with Gasteiger partial charge < -0.3 is 10.4 Å². The third-order valence-electron chi connectivity index (χ3n) is 3.24. The molecule has 0 aliphatic carbocycles. The summed E-state index contributed by atoms with van der Waals surface area (Å²) >= 11 is 1.18. The third-order valence-corrected chi connectivity index (χ3v) is 4.12. The van der Waals surface area contributed by atoms with Gasteiger partial charge in [0.25, 0.3) is 0 Å². The molecule has 2 N–H and O–H groups in total. The van der Waals surface area contributed by atoms with Gasteiger partial charge in [-0.05, 0) is 32.9 Å². The Hall–Kier alpha value is -0.980. The summed E-state index contributed by atoms with van der Waals surface area (Å²) in [5.74, 6) is -0.948. The van der Waals surface area contributed by atoms with E-state index >= 15 is 0 Å². The second kappa shape index (κ2) is 6.26. The van der Waals surface area contributed by atoms with Gasteiger partial charge in [0, 0.05) is 24.5 Å². The van der Waals surface area contributed by atoms with Crippen LogP contribution in [-0.4, -0.2) is 46.6 Å². The summed E-state index contributed by atoms with van der Waals surface area (Å²) < 4.78 is 0. The van der Waals surface area contributed by atoms with Crippen molar-refractivity contribution < 1.29 is 9.90 Å². The summed E-state index contributed by atoms with van der Waals surface area (Å²) in [5.41, 5.74) is 0.811. The highest BCUT2D eigenvalue weighted by atomic mass is 32.1. The van der Waals surface area contributed by atoms with E-state index in [0.29, 0.717) is 12.6 Å². The zero-order chi connectivity index (χ0) is 13.0. The normalized spacial score (nSPS) is 18.1. The second-order valence-corrected chi connectivity index (χ2v) is 5.53. The van der Waals surface area contributed by atoms with Gasteiger partial charge >= 0.3 is 5.97 Å². The monoisotopic (exact) mass is 269 g/mol. The number of aromatic carboxylic acids is 1. The van der Waals surface area contributed by atoms with E-state index in [9.17, 15) is 4.79 Å². The summed E-state index contributed by atoms with van der Waals surface area (Å²) in [5, 5.41) is 14.1. The largest absolute Gasteiger partial charge is 0.476 e. The molecule has 0 amide bonds. The number of nitrogens with one attached hydrogen (secondary N) is 1. The summed E-state index contributed by atoms with van der Waals surface area (Å²) in [7, 11) is 0. The van der Waals surface area contributed by atoms with Crippen LogP contribution in [0.4, 0.5) is 0 Å². The van der Waals surface area contributed by atoms with Crippen molar-refractivity contribution in [2.75, 3.05) is 19.6 Å². The average Bonchev–Trinajstić information content (AvgIpc) is 3.00. The molecule has 1 aliphatic heterocycles. The van der Waals surface area contributed by atoms with Crippen LogP contribution in [0.15, 0.2) is 5.38 Å². The lowest BCUT2D eigenvalue weighted by molar-refractivity contribution is 0.0696. The van der Waals surface area contributed by atoms with E-state index in [1.165, 1.54) is 37.3 Å². The quantitative estimate of drug-likeness (QED) is 0.817. The van der Waals surface area contributed by atoms with Crippen LogP contribution in [-0.2, 0) is 6.54 Å². The summed E-state index contributed by atoms with van der Waals surface area (Å²) in [6.07, 6.45) is 2.61. The van der Waals surface area contributed by atoms with Crippen molar-refractivity contribution in [2.45, 2.75) is 32.4 Å². The number of rotatable bonds is 6. The Labute approximate surface area is 111 Å². The first-order chi connectivity index (χ1) is 8.66. The fourth-order valence-corrected chi connectivity index (χ4v) is 2.86. The maximum absolute atomic E-state index is 10.7. The molecule has 18 heavy (non-hydrogen) atoms. The fourth-order valence-electron chi connectivity index (χ4n) is 2.21. The van der Waals surface area contributed by atoms with E-state index in [4.69, 9.17) is 5.11 Å².